The van der Waals surface area contributed by atoms with Crippen molar-refractivity contribution in [3.8, 4) is 0 Å². The molecule has 0 spiro atoms. The molecule has 0 amide bonds. The van der Waals surface area contributed by atoms with Gasteiger partial charge in [-0.25, -0.2) is 4.79 Å². The van der Waals surface area contributed by atoms with E-state index in [1.54, 1.807) is 0 Å². The molecule has 0 aliphatic carbocycles. The van der Waals surface area contributed by atoms with Crippen molar-refractivity contribution in [3.05, 3.63) is 0 Å². The Balaban J connectivity index is 2.17. The molecule has 0 bridgehead atoms. The number of ether oxygens (including phenoxy) is 3. The lowest BCUT2D eigenvalue weighted by Crippen LogP contribution is -2.28. The summed E-state index contributed by atoms with van der Waals surface area (Å²) in [4.78, 5) is 11.3. The molecule has 2 aliphatic rings. The highest BCUT2D eigenvalue weighted by Gasteiger charge is 2.55. The molecule has 13 heavy (non-hydrogen) atoms. The maximum Gasteiger partial charge on any atom is 0.338 e. The lowest BCUT2D eigenvalue weighted by Gasteiger charge is -2.20. The zero-order chi connectivity index (χ0) is 9.64. The van der Waals surface area contributed by atoms with Gasteiger partial charge in [0.05, 0.1) is 0 Å². The van der Waals surface area contributed by atoms with E-state index >= 15 is 0 Å². The van der Waals surface area contributed by atoms with Crippen LogP contribution in [0.1, 0.15) is 27.2 Å². The second-order valence-electron chi connectivity index (χ2n) is 3.90. The maximum atomic E-state index is 11.3. The molecule has 2 saturated heterocycles. The third-order valence-corrected chi connectivity index (χ3v) is 2.40. The fourth-order valence-corrected chi connectivity index (χ4v) is 1.84. The Bertz CT molecular complexity index is 236. The second kappa shape index (κ2) is 2.69. The molecule has 2 aliphatic heterocycles. The number of fused-ring (bicyclic) bond motifs is 1. The molecule has 4 nitrogen and oxygen atoms in total. The maximum absolute atomic E-state index is 11.3. The van der Waals surface area contributed by atoms with Crippen LogP contribution in [0.5, 0.6) is 0 Å². The summed E-state index contributed by atoms with van der Waals surface area (Å²) in [7, 11) is 0. The molecule has 2 fully saturated rings. The highest BCUT2D eigenvalue weighted by Crippen LogP contribution is 2.36. The minimum atomic E-state index is -0.651. The van der Waals surface area contributed by atoms with Crippen molar-refractivity contribution in [3.63, 3.8) is 0 Å². The zero-order valence-corrected chi connectivity index (χ0v) is 8.07. The third-order valence-electron chi connectivity index (χ3n) is 2.40. The Labute approximate surface area is 77.1 Å². The van der Waals surface area contributed by atoms with E-state index < -0.39 is 11.9 Å². The van der Waals surface area contributed by atoms with Crippen LogP contribution in [-0.2, 0) is 19.0 Å². The van der Waals surface area contributed by atoms with Gasteiger partial charge in [-0.2, -0.15) is 0 Å². The van der Waals surface area contributed by atoms with Crippen LogP contribution in [0.4, 0.5) is 0 Å². The molecule has 0 N–H and O–H groups in total. The Morgan fingerprint density at radius 3 is 2.69 bits per heavy atom. The van der Waals surface area contributed by atoms with E-state index in [9.17, 15) is 4.79 Å². The number of cyclic esters (lactones) is 1. The van der Waals surface area contributed by atoms with Gasteiger partial charge in [0.2, 0.25) is 0 Å². The quantitative estimate of drug-likeness (QED) is 0.569. The zero-order valence-electron chi connectivity index (χ0n) is 8.07. The van der Waals surface area contributed by atoms with Gasteiger partial charge in [0.1, 0.15) is 12.2 Å². The number of carbonyl (C=O) groups is 1. The van der Waals surface area contributed by atoms with Gasteiger partial charge in [-0.05, 0) is 20.3 Å². The first-order valence-corrected chi connectivity index (χ1v) is 4.59. The molecule has 3 atom stereocenters. The van der Waals surface area contributed by atoms with Gasteiger partial charge >= 0.3 is 5.97 Å². The predicted molar refractivity (Wildman–Crippen MR) is 44.0 cm³/mol. The van der Waals surface area contributed by atoms with Crippen LogP contribution < -0.4 is 0 Å². The van der Waals surface area contributed by atoms with Gasteiger partial charge in [0.15, 0.2) is 11.9 Å². The molecule has 4 heteroatoms. The van der Waals surface area contributed by atoms with E-state index in [2.05, 4.69) is 0 Å². The summed E-state index contributed by atoms with van der Waals surface area (Å²) in [6.45, 7) is 5.59. The average molecular weight is 186 g/mol. The lowest BCUT2D eigenvalue weighted by atomic mass is 10.1. The third kappa shape index (κ3) is 1.34. The minimum Gasteiger partial charge on any atom is -0.457 e. The number of rotatable bonds is 1. The van der Waals surface area contributed by atoms with E-state index in [1.807, 2.05) is 20.8 Å². The fraction of sp³-hybridized carbons (Fsp3) is 0.889. The van der Waals surface area contributed by atoms with Crippen LogP contribution in [0.25, 0.3) is 0 Å². The van der Waals surface area contributed by atoms with Crippen molar-refractivity contribution in [1.82, 2.24) is 0 Å². The first-order valence-electron chi connectivity index (χ1n) is 4.59. The highest BCUT2D eigenvalue weighted by molar-refractivity contribution is 5.78. The van der Waals surface area contributed by atoms with E-state index in [0.29, 0.717) is 0 Å². The average Bonchev–Trinajstić information content (AvgIpc) is 2.47. The van der Waals surface area contributed by atoms with Crippen LogP contribution in [0.3, 0.4) is 0 Å². The Kier molecular flexibility index (Phi) is 1.85. The normalized spacial score (nSPS) is 41.8. The standard InChI is InChI=1S/C9H14O4/c1-4-5-6-7(8(10)11-5)13-9(2,3)12-6/h5-7H,4H2,1-3H3/t5-,6+,7+/m0/s1. The molecule has 0 aromatic rings. The topological polar surface area (TPSA) is 44.8 Å². The summed E-state index contributed by atoms with van der Waals surface area (Å²) in [5.41, 5.74) is 0. The van der Waals surface area contributed by atoms with E-state index in [-0.39, 0.29) is 18.2 Å². The van der Waals surface area contributed by atoms with E-state index in [0.717, 1.165) is 6.42 Å². The molecule has 2 rings (SSSR count). The number of hydrogen-bond donors (Lipinski definition) is 0. The molecular formula is C9H14O4. The number of carbonyl (C=O) groups excluding carboxylic acids is 1. The fourth-order valence-electron chi connectivity index (χ4n) is 1.84. The molecule has 2 heterocycles. The molecule has 0 saturated carbocycles. The van der Waals surface area contributed by atoms with Crippen molar-refractivity contribution >= 4 is 5.97 Å². The van der Waals surface area contributed by atoms with E-state index in [1.165, 1.54) is 0 Å². The monoisotopic (exact) mass is 186 g/mol. The van der Waals surface area contributed by atoms with Crippen molar-refractivity contribution in [2.24, 2.45) is 0 Å². The molecule has 0 unspecified atom stereocenters. The smallest absolute Gasteiger partial charge is 0.338 e. The SMILES string of the molecule is CC[C@@H]1OC(=O)[C@@H]2OC(C)(C)O[C@H]12. The van der Waals surface area contributed by atoms with Crippen LogP contribution in [-0.4, -0.2) is 30.1 Å². The second-order valence-corrected chi connectivity index (χ2v) is 3.90. The molecule has 0 aromatic carbocycles. The molecular weight excluding hydrogens is 172 g/mol. The molecule has 0 aromatic heterocycles. The van der Waals surface area contributed by atoms with Crippen molar-refractivity contribution in [1.29, 1.82) is 0 Å². The van der Waals surface area contributed by atoms with Crippen molar-refractivity contribution < 1.29 is 19.0 Å². The minimum absolute atomic E-state index is 0.140. The van der Waals surface area contributed by atoms with Gasteiger partial charge in [-0.15, -0.1) is 0 Å². The van der Waals surface area contributed by atoms with E-state index in [4.69, 9.17) is 14.2 Å². The summed E-state index contributed by atoms with van der Waals surface area (Å²) >= 11 is 0. The van der Waals surface area contributed by atoms with Gasteiger partial charge in [-0.1, -0.05) is 6.92 Å². The highest BCUT2D eigenvalue weighted by atomic mass is 16.8. The van der Waals surface area contributed by atoms with Crippen molar-refractivity contribution in [2.75, 3.05) is 0 Å². The van der Waals surface area contributed by atoms with Gasteiger partial charge < -0.3 is 14.2 Å². The van der Waals surface area contributed by atoms with Gasteiger partial charge in [-0.3, -0.25) is 0 Å². The van der Waals surface area contributed by atoms with Crippen LogP contribution >= 0.6 is 0 Å². The first kappa shape index (κ1) is 8.97. The molecule has 0 radical (unpaired) electrons. The van der Waals surface area contributed by atoms with Gasteiger partial charge in [0, 0.05) is 0 Å². The van der Waals surface area contributed by atoms with Crippen LogP contribution in [0.15, 0.2) is 0 Å². The molecule has 74 valence electrons. The van der Waals surface area contributed by atoms with Crippen LogP contribution in [0.2, 0.25) is 0 Å². The Hall–Kier alpha value is -0.610. The number of esters is 1. The predicted octanol–water partition coefficient (Wildman–Crippen LogP) is 0.842. The summed E-state index contributed by atoms with van der Waals surface area (Å²) in [5, 5.41) is 0. The largest absolute Gasteiger partial charge is 0.457 e. The van der Waals surface area contributed by atoms with Crippen molar-refractivity contribution in [2.45, 2.75) is 51.3 Å². The van der Waals surface area contributed by atoms with Gasteiger partial charge in [0.25, 0.3) is 0 Å². The Morgan fingerprint density at radius 1 is 1.38 bits per heavy atom. The summed E-state index contributed by atoms with van der Waals surface area (Å²) in [6, 6.07) is 0. The summed E-state index contributed by atoms with van der Waals surface area (Å²) in [6.07, 6.45) is -0.0986. The number of hydrogen-bond acceptors (Lipinski definition) is 4. The lowest BCUT2D eigenvalue weighted by molar-refractivity contribution is -0.186. The Morgan fingerprint density at radius 2 is 2.08 bits per heavy atom. The summed E-state index contributed by atoms with van der Waals surface area (Å²) < 4.78 is 16.1. The first-order chi connectivity index (χ1) is 6.03. The summed E-state index contributed by atoms with van der Waals surface area (Å²) in [5.74, 6) is -0.940. The van der Waals surface area contributed by atoms with Crippen LogP contribution in [0, 0.1) is 0 Å².